The summed E-state index contributed by atoms with van der Waals surface area (Å²) in [6, 6.07) is 17.6. The van der Waals surface area contributed by atoms with Crippen molar-refractivity contribution in [3.63, 3.8) is 0 Å². The van der Waals surface area contributed by atoms with E-state index in [9.17, 15) is 4.79 Å². The number of rotatable bonds is 6. The fourth-order valence-electron chi connectivity index (χ4n) is 2.75. The molecule has 29 heavy (non-hydrogen) atoms. The van der Waals surface area contributed by atoms with Crippen molar-refractivity contribution in [2.45, 2.75) is 12.1 Å². The van der Waals surface area contributed by atoms with Crippen molar-refractivity contribution >= 4 is 45.7 Å². The molecule has 0 fully saturated rings. The quantitative estimate of drug-likeness (QED) is 0.422. The third kappa shape index (κ3) is 4.67. The van der Waals surface area contributed by atoms with Gasteiger partial charge in [-0.05, 0) is 25.1 Å². The Bertz CT molecular complexity index is 1140. The van der Waals surface area contributed by atoms with Crippen LogP contribution in [0.4, 0.5) is 5.13 Å². The third-order valence-corrected chi connectivity index (χ3v) is 5.91. The van der Waals surface area contributed by atoms with E-state index >= 15 is 0 Å². The molecule has 0 saturated heterocycles. The number of nitrogens with zero attached hydrogens (tertiary/aromatic N) is 4. The van der Waals surface area contributed by atoms with Crippen molar-refractivity contribution in [2.24, 2.45) is 0 Å². The smallest absolute Gasteiger partial charge is 0.236 e. The van der Waals surface area contributed by atoms with E-state index < -0.39 is 0 Å². The van der Waals surface area contributed by atoms with E-state index in [0.717, 1.165) is 22.0 Å². The monoisotopic (exact) mass is 441 g/mol. The van der Waals surface area contributed by atoms with E-state index in [2.05, 4.69) is 20.5 Å². The van der Waals surface area contributed by atoms with Crippen molar-refractivity contribution in [1.82, 2.24) is 19.7 Å². The van der Waals surface area contributed by atoms with Gasteiger partial charge in [0.2, 0.25) is 11.0 Å². The van der Waals surface area contributed by atoms with Gasteiger partial charge < -0.3 is 0 Å². The Balaban J connectivity index is 1.61. The van der Waals surface area contributed by atoms with E-state index in [0.29, 0.717) is 15.3 Å². The van der Waals surface area contributed by atoms with Crippen LogP contribution >= 0.6 is 34.7 Å². The summed E-state index contributed by atoms with van der Waals surface area (Å²) < 4.78 is 2.01. The van der Waals surface area contributed by atoms with Crippen LogP contribution < -0.4 is 5.32 Å². The summed E-state index contributed by atoms with van der Waals surface area (Å²) in [4.78, 5) is 16.9. The normalized spacial score (nSPS) is 10.8. The van der Waals surface area contributed by atoms with Crippen LogP contribution in [-0.2, 0) is 4.79 Å². The molecule has 0 bridgehead atoms. The van der Waals surface area contributed by atoms with Crippen LogP contribution in [0.2, 0.25) is 5.02 Å². The van der Waals surface area contributed by atoms with Gasteiger partial charge in [0, 0.05) is 16.3 Å². The molecule has 0 aliphatic rings. The molecule has 2 aromatic heterocycles. The first-order valence-electron chi connectivity index (χ1n) is 8.72. The highest BCUT2D eigenvalue weighted by Crippen LogP contribution is 2.30. The second-order valence-corrected chi connectivity index (χ2v) is 8.63. The Morgan fingerprint density at radius 1 is 1.17 bits per heavy atom. The van der Waals surface area contributed by atoms with Gasteiger partial charge in [-0.25, -0.2) is 4.98 Å². The number of aryl methyl sites for hydroxylation is 1. The number of amides is 1. The van der Waals surface area contributed by atoms with Crippen LogP contribution in [0.25, 0.3) is 16.9 Å². The number of halogens is 1. The van der Waals surface area contributed by atoms with Gasteiger partial charge in [-0.1, -0.05) is 71.1 Å². The number of hydrogen-bond donors (Lipinski definition) is 1. The van der Waals surface area contributed by atoms with Gasteiger partial charge >= 0.3 is 0 Å². The van der Waals surface area contributed by atoms with Crippen LogP contribution in [0.5, 0.6) is 0 Å². The third-order valence-electron chi connectivity index (χ3n) is 3.97. The minimum absolute atomic E-state index is 0.159. The summed E-state index contributed by atoms with van der Waals surface area (Å²) in [5, 5.41) is 13.2. The fraction of sp³-hybridized carbons (Fsp3) is 0.100. The first-order valence-corrected chi connectivity index (χ1v) is 10.9. The summed E-state index contributed by atoms with van der Waals surface area (Å²) in [6.07, 6.45) is 1.81. The molecule has 1 N–H and O–H groups in total. The van der Waals surface area contributed by atoms with E-state index in [1.807, 2.05) is 72.3 Å². The van der Waals surface area contributed by atoms with Gasteiger partial charge in [-0.2, -0.15) is 0 Å². The van der Waals surface area contributed by atoms with E-state index in [-0.39, 0.29) is 11.7 Å². The van der Waals surface area contributed by atoms with Gasteiger partial charge in [0.15, 0.2) is 5.16 Å². The van der Waals surface area contributed by atoms with Gasteiger partial charge in [-0.15, -0.1) is 10.2 Å². The molecule has 146 valence electrons. The zero-order valence-electron chi connectivity index (χ0n) is 15.4. The molecule has 0 atom stereocenters. The van der Waals surface area contributed by atoms with Gasteiger partial charge in [0.25, 0.3) is 0 Å². The Hall–Kier alpha value is -2.68. The lowest BCUT2D eigenvalue weighted by Crippen LogP contribution is -2.14. The van der Waals surface area contributed by atoms with Crippen molar-refractivity contribution < 1.29 is 4.79 Å². The molecule has 4 rings (SSSR count). The minimum Gasteiger partial charge on any atom is -0.300 e. The first-order chi connectivity index (χ1) is 14.1. The Morgan fingerprint density at radius 3 is 2.72 bits per heavy atom. The molecule has 0 spiro atoms. The first kappa shape index (κ1) is 19.6. The molecule has 0 aliphatic heterocycles. The second kappa shape index (κ2) is 8.77. The van der Waals surface area contributed by atoms with Gasteiger partial charge in [0.05, 0.1) is 17.6 Å². The van der Waals surface area contributed by atoms with Crippen LogP contribution in [0.15, 0.2) is 66.0 Å². The maximum Gasteiger partial charge on any atom is 0.236 e. The topological polar surface area (TPSA) is 72.7 Å². The predicted octanol–water partition coefficient (Wildman–Crippen LogP) is 5.08. The highest BCUT2D eigenvalue weighted by molar-refractivity contribution is 7.99. The van der Waals surface area contributed by atoms with E-state index in [1.165, 1.54) is 23.1 Å². The summed E-state index contributed by atoms with van der Waals surface area (Å²) in [6.45, 7) is 1.84. The number of carbonyl (C=O) groups excluding carboxylic acids is 1. The largest absolute Gasteiger partial charge is 0.300 e. The van der Waals surface area contributed by atoms with Crippen molar-refractivity contribution in [3.8, 4) is 16.9 Å². The summed E-state index contributed by atoms with van der Waals surface area (Å²) in [7, 11) is 0. The summed E-state index contributed by atoms with van der Waals surface area (Å²) in [5.41, 5.74) is 2.84. The standard InChI is InChI=1S/C20H16ClN5OS2/c1-13-24-25-19(29-13)23-18(27)12-28-20-22-11-17(14-6-3-2-4-7-14)26(20)16-9-5-8-15(21)10-16/h2-11H,12H2,1H3,(H,23,25,27). The lowest BCUT2D eigenvalue weighted by molar-refractivity contribution is -0.113. The summed E-state index contributed by atoms with van der Waals surface area (Å²) >= 11 is 8.91. The molecule has 2 heterocycles. The van der Waals surface area contributed by atoms with Gasteiger partial charge in [-0.3, -0.25) is 14.7 Å². The molecule has 1 amide bonds. The number of hydrogen-bond acceptors (Lipinski definition) is 6. The molecular formula is C20H16ClN5OS2. The van der Waals surface area contributed by atoms with Crippen molar-refractivity contribution in [1.29, 1.82) is 0 Å². The van der Waals surface area contributed by atoms with Gasteiger partial charge in [0.1, 0.15) is 5.01 Å². The molecule has 9 heteroatoms. The molecule has 0 unspecified atom stereocenters. The number of aromatic nitrogens is 4. The maximum absolute atomic E-state index is 12.3. The number of benzene rings is 2. The molecule has 2 aromatic carbocycles. The van der Waals surface area contributed by atoms with Crippen LogP contribution in [-0.4, -0.2) is 31.4 Å². The zero-order valence-corrected chi connectivity index (χ0v) is 17.8. The highest BCUT2D eigenvalue weighted by atomic mass is 35.5. The van der Waals surface area contributed by atoms with Crippen molar-refractivity contribution in [2.75, 3.05) is 11.1 Å². The zero-order chi connectivity index (χ0) is 20.2. The average molecular weight is 442 g/mol. The Morgan fingerprint density at radius 2 is 2.00 bits per heavy atom. The second-order valence-electron chi connectivity index (χ2n) is 6.07. The molecule has 0 saturated carbocycles. The van der Waals surface area contributed by atoms with E-state index in [1.54, 1.807) is 0 Å². The maximum atomic E-state index is 12.3. The lowest BCUT2D eigenvalue weighted by atomic mass is 10.1. The minimum atomic E-state index is -0.159. The fourth-order valence-corrected chi connectivity index (χ4v) is 4.33. The number of thioether (sulfide) groups is 1. The lowest BCUT2D eigenvalue weighted by Gasteiger charge is -2.12. The van der Waals surface area contributed by atoms with Crippen molar-refractivity contribution in [3.05, 3.63) is 70.8 Å². The summed E-state index contributed by atoms with van der Waals surface area (Å²) in [5.74, 6) is 0.0396. The molecule has 4 aromatic rings. The van der Waals surface area contributed by atoms with E-state index in [4.69, 9.17) is 11.6 Å². The molecule has 0 aliphatic carbocycles. The molecule has 0 radical (unpaired) electrons. The predicted molar refractivity (Wildman–Crippen MR) is 118 cm³/mol. The molecule has 6 nitrogen and oxygen atoms in total. The SMILES string of the molecule is Cc1nnc(NC(=O)CSc2ncc(-c3ccccc3)n2-c2cccc(Cl)c2)s1. The highest BCUT2D eigenvalue weighted by Gasteiger charge is 2.16. The Labute approximate surface area is 181 Å². The molecular weight excluding hydrogens is 426 g/mol. The number of anilines is 1. The van der Waals surface area contributed by atoms with Crippen LogP contribution in [0.1, 0.15) is 5.01 Å². The number of nitrogens with one attached hydrogen (secondary N) is 1. The number of imidazole rings is 1. The number of carbonyl (C=O) groups is 1. The Kier molecular flexibility index (Phi) is 5.94. The van der Waals surface area contributed by atoms with Crippen LogP contribution in [0, 0.1) is 6.92 Å². The van der Waals surface area contributed by atoms with Crippen LogP contribution in [0.3, 0.4) is 0 Å². The average Bonchev–Trinajstić information content (AvgIpc) is 3.33.